The summed E-state index contributed by atoms with van der Waals surface area (Å²) in [6, 6.07) is 21.5. The number of benzene rings is 3. The van der Waals surface area contributed by atoms with Gasteiger partial charge in [-0.3, -0.25) is 4.99 Å². The highest BCUT2D eigenvalue weighted by Gasteiger charge is 2.36. The number of halogens is 2. The minimum Gasteiger partial charge on any atom is -0.337 e. The molecule has 0 bridgehead atoms. The summed E-state index contributed by atoms with van der Waals surface area (Å²) in [5.41, 5.74) is 4.74. The lowest BCUT2D eigenvalue weighted by Crippen LogP contribution is -2.50. The highest BCUT2D eigenvalue weighted by Crippen LogP contribution is 2.37. The molecule has 1 heterocycles. The molecule has 0 atom stereocenters. The van der Waals surface area contributed by atoms with Crippen LogP contribution in [0.1, 0.15) is 32.3 Å². The number of hydrogen-bond acceptors (Lipinski definition) is 3. The van der Waals surface area contributed by atoms with Crippen molar-refractivity contribution >= 4 is 47.3 Å². The normalized spacial score (nSPS) is 15.4. The Hall–Kier alpha value is -2.86. The quantitative estimate of drug-likeness (QED) is 0.288. The minimum atomic E-state index is -0.271. The Morgan fingerprint density at radius 3 is 2.30 bits per heavy atom. The van der Waals surface area contributed by atoms with Crippen molar-refractivity contribution in [2.24, 2.45) is 10.9 Å². The molecule has 7 heteroatoms. The van der Waals surface area contributed by atoms with Crippen LogP contribution < -0.4 is 10.6 Å². The Labute approximate surface area is 229 Å². The van der Waals surface area contributed by atoms with Crippen LogP contribution in [0.25, 0.3) is 11.1 Å². The van der Waals surface area contributed by atoms with Crippen molar-refractivity contribution in [1.29, 1.82) is 0 Å². The Kier molecular flexibility index (Phi) is 8.91. The maximum Gasteiger partial charge on any atom is 0.319 e. The van der Waals surface area contributed by atoms with Crippen LogP contribution in [0.5, 0.6) is 0 Å². The van der Waals surface area contributed by atoms with Crippen molar-refractivity contribution in [3.05, 3.63) is 82.3 Å². The molecule has 0 aliphatic carbocycles. The van der Waals surface area contributed by atoms with Gasteiger partial charge in [-0.2, -0.15) is 0 Å². The fourth-order valence-electron chi connectivity index (χ4n) is 5.10. The van der Waals surface area contributed by atoms with Gasteiger partial charge in [0.15, 0.2) is 0 Å². The van der Waals surface area contributed by atoms with E-state index >= 15 is 0 Å². The number of amides is 2. The first-order valence-corrected chi connectivity index (χ1v) is 13.4. The van der Waals surface area contributed by atoms with Crippen LogP contribution in [-0.2, 0) is 5.41 Å². The number of rotatable bonds is 8. The second-order valence-corrected chi connectivity index (χ2v) is 11.1. The summed E-state index contributed by atoms with van der Waals surface area (Å²) >= 11 is 12.2. The summed E-state index contributed by atoms with van der Waals surface area (Å²) in [7, 11) is 0. The number of anilines is 1. The molecule has 194 valence electrons. The van der Waals surface area contributed by atoms with Crippen LogP contribution in [0, 0.1) is 5.92 Å². The Balaban J connectivity index is 1.52. The highest BCUT2D eigenvalue weighted by atomic mass is 35.5. The summed E-state index contributed by atoms with van der Waals surface area (Å²) in [5.74, 6) is 0.626. The molecule has 0 spiro atoms. The molecular formula is C30H34Cl2N4O. The topological polar surface area (TPSA) is 56.7 Å². The largest absolute Gasteiger partial charge is 0.337 e. The van der Waals surface area contributed by atoms with Gasteiger partial charge in [0.1, 0.15) is 0 Å². The fourth-order valence-corrected chi connectivity index (χ4v) is 5.62. The first-order valence-electron chi connectivity index (χ1n) is 12.7. The number of aliphatic imine (C=N–C) groups is 1. The molecule has 0 unspecified atom stereocenters. The maximum absolute atomic E-state index is 12.8. The zero-order chi connectivity index (χ0) is 26.4. The molecule has 37 heavy (non-hydrogen) atoms. The zero-order valence-corrected chi connectivity index (χ0v) is 22.9. The van der Waals surface area contributed by atoms with Crippen LogP contribution in [0.2, 0.25) is 10.0 Å². The molecule has 1 aliphatic rings. The van der Waals surface area contributed by atoms with Crippen molar-refractivity contribution < 1.29 is 4.79 Å². The van der Waals surface area contributed by atoms with E-state index in [0.29, 0.717) is 28.2 Å². The molecule has 0 aromatic heterocycles. The molecule has 1 fully saturated rings. The van der Waals surface area contributed by atoms with Gasteiger partial charge < -0.3 is 15.5 Å². The predicted octanol–water partition coefficient (Wildman–Crippen LogP) is 7.80. The third kappa shape index (κ3) is 7.13. The van der Waals surface area contributed by atoms with Crippen LogP contribution in [0.4, 0.5) is 16.2 Å². The van der Waals surface area contributed by atoms with Crippen molar-refractivity contribution in [3.8, 4) is 11.1 Å². The van der Waals surface area contributed by atoms with E-state index in [1.165, 1.54) is 5.56 Å². The van der Waals surface area contributed by atoms with Gasteiger partial charge in [-0.05, 0) is 85.6 Å². The number of nitrogens with one attached hydrogen (secondary N) is 2. The minimum absolute atomic E-state index is 0.153. The Morgan fingerprint density at radius 2 is 1.68 bits per heavy atom. The van der Waals surface area contributed by atoms with E-state index in [4.69, 9.17) is 23.2 Å². The van der Waals surface area contributed by atoms with Gasteiger partial charge >= 0.3 is 6.03 Å². The number of nitrogens with zero attached hydrogens (tertiary/aromatic N) is 2. The summed E-state index contributed by atoms with van der Waals surface area (Å²) in [4.78, 5) is 19.4. The van der Waals surface area contributed by atoms with Gasteiger partial charge in [0.05, 0.1) is 5.69 Å². The van der Waals surface area contributed by atoms with Crippen LogP contribution in [-0.4, -0.2) is 43.8 Å². The first kappa shape index (κ1) is 27.2. The fraction of sp³-hybridized carbons (Fsp3) is 0.333. The van der Waals surface area contributed by atoms with Crippen molar-refractivity contribution in [2.75, 3.05) is 31.5 Å². The standard InChI is InChI=1S/C30H34Cl2N4O/c1-21(2)19-36-13-11-30(12-14-36,20-34-29(37)35-28-17-25(31)16-26(32)18-28)24-9-7-22(8-10-24)23-5-4-6-27(15-23)33-3/h4-10,15-18,21H,3,11-14,19-20H2,1-2H3,(H2,34,35,37). The zero-order valence-electron chi connectivity index (χ0n) is 21.4. The average molecular weight is 538 g/mol. The monoisotopic (exact) mass is 536 g/mol. The van der Waals surface area contributed by atoms with Gasteiger partial charge in [-0.15, -0.1) is 0 Å². The first-order chi connectivity index (χ1) is 17.8. The van der Waals surface area contributed by atoms with Gasteiger partial charge in [0.2, 0.25) is 0 Å². The van der Waals surface area contributed by atoms with Crippen molar-refractivity contribution in [3.63, 3.8) is 0 Å². The van der Waals surface area contributed by atoms with E-state index in [0.717, 1.165) is 49.3 Å². The average Bonchev–Trinajstić information content (AvgIpc) is 2.88. The molecule has 4 rings (SSSR count). The summed E-state index contributed by atoms with van der Waals surface area (Å²) in [5, 5.41) is 6.94. The molecule has 3 aromatic rings. The van der Waals surface area contributed by atoms with E-state index in [2.05, 4.69) is 71.4 Å². The summed E-state index contributed by atoms with van der Waals surface area (Å²) < 4.78 is 0. The predicted molar refractivity (Wildman–Crippen MR) is 157 cm³/mol. The van der Waals surface area contributed by atoms with E-state index in [1.807, 2.05) is 18.2 Å². The van der Waals surface area contributed by atoms with E-state index in [1.54, 1.807) is 18.2 Å². The molecule has 5 nitrogen and oxygen atoms in total. The van der Waals surface area contributed by atoms with Crippen LogP contribution >= 0.6 is 23.2 Å². The lowest BCUT2D eigenvalue weighted by Gasteiger charge is -2.43. The third-order valence-electron chi connectivity index (χ3n) is 7.00. The van der Waals surface area contributed by atoms with Gasteiger partial charge in [0.25, 0.3) is 0 Å². The summed E-state index contributed by atoms with van der Waals surface area (Å²) in [6.07, 6.45) is 1.94. The molecule has 1 aliphatic heterocycles. The molecule has 0 radical (unpaired) electrons. The second kappa shape index (κ2) is 12.1. The highest BCUT2D eigenvalue weighted by molar-refractivity contribution is 6.35. The van der Waals surface area contributed by atoms with E-state index < -0.39 is 0 Å². The molecule has 2 amide bonds. The molecule has 3 aromatic carbocycles. The van der Waals surface area contributed by atoms with Crippen molar-refractivity contribution in [1.82, 2.24) is 10.2 Å². The smallest absolute Gasteiger partial charge is 0.319 e. The Morgan fingerprint density at radius 1 is 1.00 bits per heavy atom. The third-order valence-corrected chi connectivity index (χ3v) is 7.44. The lowest BCUT2D eigenvalue weighted by atomic mass is 9.72. The number of urea groups is 1. The number of carbonyl (C=O) groups excluding carboxylic acids is 1. The van der Waals surface area contributed by atoms with Crippen LogP contribution in [0.3, 0.4) is 0 Å². The molecule has 2 N–H and O–H groups in total. The molecular weight excluding hydrogens is 503 g/mol. The van der Waals surface area contributed by atoms with Gasteiger partial charge in [-0.25, -0.2) is 4.79 Å². The van der Waals surface area contributed by atoms with Gasteiger partial charge in [-0.1, -0.05) is 73.4 Å². The number of carbonyl (C=O) groups is 1. The summed E-state index contributed by atoms with van der Waals surface area (Å²) in [6.45, 7) is 11.8. The molecule has 0 saturated carbocycles. The van der Waals surface area contributed by atoms with Gasteiger partial charge in [0, 0.05) is 34.2 Å². The van der Waals surface area contributed by atoms with E-state index in [9.17, 15) is 4.79 Å². The lowest BCUT2D eigenvalue weighted by molar-refractivity contribution is 0.144. The number of likely N-dealkylation sites (tertiary alicyclic amines) is 1. The molecule has 1 saturated heterocycles. The SMILES string of the molecule is C=Nc1cccc(-c2ccc(C3(CNC(=O)Nc4cc(Cl)cc(Cl)c4)CCN(CC(C)C)CC3)cc2)c1. The van der Waals surface area contributed by atoms with Crippen LogP contribution in [0.15, 0.2) is 71.7 Å². The van der Waals surface area contributed by atoms with E-state index in [-0.39, 0.29) is 11.4 Å². The Bertz CT molecular complexity index is 1210. The van der Waals surface area contributed by atoms with Crippen molar-refractivity contribution in [2.45, 2.75) is 32.1 Å². The second-order valence-electron chi connectivity index (χ2n) is 10.2. The number of piperidine rings is 1. The maximum atomic E-state index is 12.8. The number of hydrogen-bond donors (Lipinski definition) is 2.